The van der Waals surface area contributed by atoms with E-state index in [1.165, 1.54) is 17.1 Å². The van der Waals surface area contributed by atoms with Gasteiger partial charge in [-0.15, -0.1) is 0 Å². The zero-order valence-corrected chi connectivity index (χ0v) is 14.6. The summed E-state index contributed by atoms with van der Waals surface area (Å²) in [5.41, 5.74) is 0.196. The lowest BCUT2D eigenvalue weighted by atomic mass is 9.82. The number of hydrogen-bond acceptors (Lipinski definition) is 3. The molecule has 1 heterocycles. The molecule has 2 fully saturated rings. The molecule has 5 nitrogen and oxygen atoms in total. The maximum atomic E-state index is 12.6. The number of rotatable bonds is 9. The molecule has 1 N–H and O–H groups in total. The maximum Gasteiger partial charge on any atom is 0.281 e. The lowest BCUT2D eigenvalue weighted by Gasteiger charge is -2.28. The van der Waals surface area contributed by atoms with Gasteiger partial charge in [0.1, 0.15) is 0 Å². The number of nitrogens with one attached hydrogen (secondary N) is 1. The summed E-state index contributed by atoms with van der Waals surface area (Å²) in [5.74, 6) is 0. The first-order valence-electron chi connectivity index (χ1n) is 8.38. The molecule has 1 saturated heterocycles. The van der Waals surface area contributed by atoms with E-state index in [4.69, 9.17) is 0 Å². The van der Waals surface area contributed by atoms with Gasteiger partial charge in [-0.3, -0.25) is 0 Å². The predicted molar refractivity (Wildman–Crippen MR) is 86.4 cm³/mol. The molecule has 1 aliphatic heterocycles. The third-order valence-corrected chi connectivity index (χ3v) is 7.22. The summed E-state index contributed by atoms with van der Waals surface area (Å²) in [6.07, 6.45) is 6.55. The molecule has 0 unspecified atom stereocenters. The predicted octanol–water partition coefficient (Wildman–Crippen LogP) is 1.82. The highest BCUT2D eigenvalue weighted by molar-refractivity contribution is 7.86. The second kappa shape index (κ2) is 6.94. The Bertz CT molecular complexity index is 430. The van der Waals surface area contributed by atoms with E-state index in [-0.39, 0.29) is 5.41 Å². The summed E-state index contributed by atoms with van der Waals surface area (Å²) in [4.78, 5) is 0. The third-order valence-electron chi connectivity index (χ3n) is 5.28. The summed E-state index contributed by atoms with van der Waals surface area (Å²) >= 11 is 0. The molecule has 0 aromatic heterocycles. The van der Waals surface area contributed by atoms with Crippen molar-refractivity contribution in [2.24, 2.45) is 5.41 Å². The van der Waals surface area contributed by atoms with E-state index in [0.717, 1.165) is 32.2 Å². The van der Waals surface area contributed by atoms with Crippen LogP contribution in [-0.4, -0.2) is 56.3 Å². The van der Waals surface area contributed by atoms with Crippen LogP contribution in [0.3, 0.4) is 0 Å². The summed E-state index contributed by atoms with van der Waals surface area (Å²) < 4.78 is 28.5. The van der Waals surface area contributed by atoms with Crippen LogP contribution in [0.2, 0.25) is 0 Å². The largest absolute Gasteiger partial charge is 0.314 e. The Morgan fingerprint density at radius 3 is 2.48 bits per heavy atom. The molecule has 2 aliphatic rings. The molecule has 0 aromatic rings. The Kier molecular flexibility index (Phi) is 5.68. The Labute approximate surface area is 130 Å². The van der Waals surface area contributed by atoms with Gasteiger partial charge in [0.05, 0.1) is 0 Å². The molecule has 124 valence electrons. The van der Waals surface area contributed by atoms with E-state index in [1.54, 1.807) is 11.4 Å². The Morgan fingerprint density at radius 1 is 1.29 bits per heavy atom. The fourth-order valence-corrected chi connectivity index (χ4v) is 4.64. The molecule has 0 aromatic carbocycles. The van der Waals surface area contributed by atoms with Crippen molar-refractivity contribution in [2.45, 2.75) is 58.4 Å². The van der Waals surface area contributed by atoms with Gasteiger partial charge in [-0.05, 0) is 50.5 Å². The highest BCUT2D eigenvalue weighted by Crippen LogP contribution is 2.38. The van der Waals surface area contributed by atoms with Crippen LogP contribution >= 0.6 is 0 Å². The minimum Gasteiger partial charge on any atom is -0.314 e. The van der Waals surface area contributed by atoms with E-state index in [1.807, 2.05) is 0 Å². The van der Waals surface area contributed by atoms with Crippen LogP contribution in [-0.2, 0) is 10.2 Å². The zero-order chi connectivity index (χ0) is 15.5. The highest BCUT2D eigenvalue weighted by atomic mass is 32.2. The van der Waals surface area contributed by atoms with Gasteiger partial charge in [0.2, 0.25) is 0 Å². The molecule has 0 spiro atoms. The van der Waals surface area contributed by atoms with Crippen molar-refractivity contribution >= 4 is 10.2 Å². The van der Waals surface area contributed by atoms with Crippen molar-refractivity contribution in [3.8, 4) is 0 Å². The fraction of sp³-hybridized carbons (Fsp3) is 1.00. The van der Waals surface area contributed by atoms with Gasteiger partial charge in [0, 0.05) is 32.7 Å². The first-order chi connectivity index (χ1) is 9.93. The molecular weight excluding hydrogens is 286 g/mol. The van der Waals surface area contributed by atoms with Gasteiger partial charge < -0.3 is 5.32 Å². The molecule has 6 heteroatoms. The molecular formula is C15H31N3O2S. The molecule has 1 saturated carbocycles. The van der Waals surface area contributed by atoms with E-state index < -0.39 is 10.2 Å². The van der Waals surface area contributed by atoms with Crippen LogP contribution in [0, 0.1) is 5.41 Å². The molecule has 0 radical (unpaired) electrons. The van der Waals surface area contributed by atoms with Crippen LogP contribution in [0.15, 0.2) is 0 Å². The number of hydrogen-bond donors (Lipinski definition) is 1. The standard InChI is InChI=1S/C15H31N3O2S/c1-4-15(5-2)9-12-18(13-15)21(19,20)17(3)11-6-10-16-14-7-8-14/h14,16H,4-13H2,1-3H3. The van der Waals surface area contributed by atoms with Gasteiger partial charge in [0.25, 0.3) is 10.2 Å². The topological polar surface area (TPSA) is 52.7 Å². The summed E-state index contributed by atoms with van der Waals surface area (Å²) in [6, 6.07) is 0.695. The molecule has 21 heavy (non-hydrogen) atoms. The third kappa shape index (κ3) is 4.18. The normalized spacial score (nSPS) is 23.0. The highest BCUT2D eigenvalue weighted by Gasteiger charge is 2.41. The van der Waals surface area contributed by atoms with E-state index in [9.17, 15) is 8.42 Å². The van der Waals surface area contributed by atoms with Crippen molar-refractivity contribution in [1.29, 1.82) is 0 Å². The molecule has 1 aliphatic carbocycles. The summed E-state index contributed by atoms with van der Waals surface area (Å²) in [6.45, 7) is 7.23. The van der Waals surface area contributed by atoms with Crippen LogP contribution in [0.25, 0.3) is 0 Å². The lowest BCUT2D eigenvalue weighted by Crippen LogP contribution is -2.42. The zero-order valence-electron chi connectivity index (χ0n) is 13.8. The first kappa shape index (κ1) is 17.2. The van der Waals surface area contributed by atoms with Crippen molar-refractivity contribution in [1.82, 2.24) is 13.9 Å². The summed E-state index contributed by atoms with van der Waals surface area (Å²) in [5, 5.41) is 3.43. The van der Waals surface area contributed by atoms with Crippen molar-refractivity contribution in [3.05, 3.63) is 0 Å². The van der Waals surface area contributed by atoms with Gasteiger partial charge >= 0.3 is 0 Å². The first-order valence-corrected chi connectivity index (χ1v) is 9.78. The molecule has 0 atom stereocenters. The smallest absolute Gasteiger partial charge is 0.281 e. The van der Waals surface area contributed by atoms with Crippen LogP contribution in [0.5, 0.6) is 0 Å². The van der Waals surface area contributed by atoms with Gasteiger partial charge in [-0.25, -0.2) is 0 Å². The quantitative estimate of drug-likeness (QED) is 0.660. The SMILES string of the molecule is CCC1(CC)CCN(S(=O)(=O)N(C)CCCNC2CC2)C1. The average Bonchev–Trinajstić information content (AvgIpc) is 3.19. The second-order valence-corrected chi connectivity index (χ2v) is 8.74. The molecule has 2 rings (SSSR count). The van der Waals surface area contributed by atoms with E-state index in [0.29, 0.717) is 25.7 Å². The Morgan fingerprint density at radius 2 is 1.95 bits per heavy atom. The fourth-order valence-electron chi connectivity index (χ4n) is 3.13. The van der Waals surface area contributed by atoms with Crippen molar-refractivity contribution < 1.29 is 8.42 Å². The Hall–Kier alpha value is -0.170. The van der Waals surface area contributed by atoms with Crippen molar-refractivity contribution in [2.75, 3.05) is 33.2 Å². The van der Waals surface area contributed by atoms with E-state index >= 15 is 0 Å². The van der Waals surface area contributed by atoms with Gasteiger partial charge in [0.15, 0.2) is 0 Å². The molecule has 0 amide bonds. The monoisotopic (exact) mass is 317 g/mol. The van der Waals surface area contributed by atoms with Crippen LogP contribution in [0.1, 0.15) is 52.4 Å². The average molecular weight is 317 g/mol. The van der Waals surface area contributed by atoms with Gasteiger partial charge in [-0.2, -0.15) is 17.0 Å². The van der Waals surface area contributed by atoms with Crippen molar-refractivity contribution in [3.63, 3.8) is 0 Å². The second-order valence-electron chi connectivity index (χ2n) is 6.70. The van der Waals surface area contributed by atoms with Crippen LogP contribution in [0.4, 0.5) is 0 Å². The minimum absolute atomic E-state index is 0.196. The lowest BCUT2D eigenvalue weighted by molar-refractivity contribution is 0.274. The van der Waals surface area contributed by atoms with Crippen LogP contribution < -0.4 is 5.32 Å². The number of nitrogens with zero attached hydrogens (tertiary/aromatic N) is 2. The Balaban J connectivity index is 1.82. The minimum atomic E-state index is -3.28. The van der Waals surface area contributed by atoms with Gasteiger partial charge in [-0.1, -0.05) is 13.8 Å². The molecule has 0 bridgehead atoms. The summed E-state index contributed by atoms with van der Waals surface area (Å²) in [7, 11) is -1.56. The van der Waals surface area contributed by atoms with E-state index in [2.05, 4.69) is 19.2 Å². The maximum absolute atomic E-state index is 12.6.